The zero-order valence-corrected chi connectivity index (χ0v) is 13.3. The van der Waals surface area contributed by atoms with Crippen molar-refractivity contribution in [3.8, 4) is 5.75 Å². The highest BCUT2D eigenvalue weighted by atomic mass is 32.2. The van der Waals surface area contributed by atoms with E-state index in [1.54, 1.807) is 0 Å². The molecule has 0 bridgehead atoms. The molecule has 1 aromatic rings. The van der Waals surface area contributed by atoms with Crippen LogP contribution in [0.25, 0.3) is 0 Å². The van der Waals surface area contributed by atoms with Gasteiger partial charge in [0.25, 0.3) is 0 Å². The molecule has 106 valence electrons. The minimum absolute atomic E-state index is 0.229. The van der Waals surface area contributed by atoms with Crippen LogP contribution in [0.2, 0.25) is 0 Å². The van der Waals surface area contributed by atoms with Crippen LogP contribution in [0.1, 0.15) is 51.3 Å². The predicted molar refractivity (Wildman–Crippen MR) is 84.0 cm³/mol. The predicted octanol–water partition coefficient (Wildman–Crippen LogP) is 4.15. The molecule has 2 nitrogen and oxygen atoms in total. The van der Waals surface area contributed by atoms with Gasteiger partial charge in [0.2, 0.25) is 0 Å². The molecule has 0 spiro atoms. The molecule has 0 amide bonds. The normalized spacial score (nSPS) is 20.9. The highest BCUT2D eigenvalue weighted by Crippen LogP contribution is 2.46. The smallest absolute Gasteiger partial charge is 0.119 e. The van der Waals surface area contributed by atoms with Crippen LogP contribution >= 0.6 is 11.8 Å². The highest BCUT2D eigenvalue weighted by molar-refractivity contribution is 8.00. The minimum atomic E-state index is 0.229. The number of fused-ring (bicyclic) bond motifs is 1. The van der Waals surface area contributed by atoms with Crippen LogP contribution in [0.15, 0.2) is 18.2 Å². The molecule has 1 aliphatic rings. The van der Waals surface area contributed by atoms with Crippen LogP contribution in [0.4, 0.5) is 0 Å². The van der Waals surface area contributed by atoms with E-state index in [9.17, 15) is 0 Å². The van der Waals surface area contributed by atoms with Gasteiger partial charge < -0.3 is 10.1 Å². The fraction of sp³-hybridized carbons (Fsp3) is 0.625. The van der Waals surface area contributed by atoms with Crippen LogP contribution in [-0.2, 0) is 5.75 Å². The van der Waals surface area contributed by atoms with Crippen molar-refractivity contribution < 1.29 is 4.74 Å². The van der Waals surface area contributed by atoms with E-state index in [0.717, 1.165) is 31.1 Å². The summed E-state index contributed by atoms with van der Waals surface area (Å²) < 4.78 is 5.89. The minimum Gasteiger partial charge on any atom is -0.494 e. The van der Waals surface area contributed by atoms with Gasteiger partial charge in [-0.15, -0.1) is 11.8 Å². The molecule has 3 heteroatoms. The second-order valence-corrected chi connectivity index (χ2v) is 7.20. The van der Waals surface area contributed by atoms with Crippen LogP contribution in [0.3, 0.4) is 0 Å². The van der Waals surface area contributed by atoms with Gasteiger partial charge in [0.1, 0.15) is 5.75 Å². The van der Waals surface area contributed by atoms with E-state index in [1.165, 1.54) is 11.1 Å². The van der Waals surface area contributed by atoms with Gasteiger partial charge in [0, 0.05) is 16.5 Å². The molecule has 1 N–H and O–H groups in total. The van der Waals surface area contributed by atoms with Gasteiger partial charge in [-0.05, 0) is 57.0 Å². The number of ether oxygens (including phenoxy) is 1. The topological polar surface area (TPSA) is 21.3 Å². The lowest BCUT2D eigenvalue weighted by atomic mass is 9.90. The van der Waals surface area contributed by atoms with Gasteiger partial charge in [0.15, 0.2) is 0 Å². The first-order valence-electron chi connectivity index (χ1n) is 7.21. The Hall–Kier alpha value is -0.670. The number of rotatable bonds is 5. The molecule has 1 aliphatic heterocycles. The van der Waals surface area contributed by atoms with Gasteiger partial charge >= 0.3 is 0 Å². The molecule has 0 saturated carbocycles. The SMILES string of the molecule is CCCNC1c2cc(OCC)ccc2CSC1(C)C. The van der Waals surface area contributed by atoms with Crippen molar-refractivity contribution in [2.75, 3.05) is 13.2 Å². The van der Waals surface area contributed by atoms with Crippen molar-refractivity contribution in [2.45, 2.75) is 50.7 Å². The standard InChI is InChI=1S/C16H25NOS/c1-5-9-17-15-14-10-13(18-6-2)8-7-12(14)11-19-16(15,3)4/h7-8,10,15,17H,5-6,9,11H2,1-4H3. The molecular weight excluding hydrogens is 254 g/mol. The Kier molecular flexibility index (Phi) is 4.80. The third-order valence-electron chi connectivity index (χ3n) is 3.63. The largest absolute Gasteiger partial charge is 0.494 e. The fourth-order valence-electron chi connectivity index (χ4n) is 2.60. The molecule has 0 radical (unpaired) electrons. The van der Waals surface area contributed by atoms with Crippen molar-refractivity contribution in [3.05, 3.63) is 29.3 Å². The number of hydrogen-bond donors (Lipinski definition) is 1. The fourth-order valence-corrected chi connectivity index (χ4v) is 3.76. The summed E-state index contributed by atoms with van der Waals surface area (Å²) >= 11 is 2.04. The molecule has 1 aromatic carbocycles. The van der Waals surface area contributed by atoms with E-state index >= 15 is 0 Å². The van der Waals surface area contributed by atoms with Crippen molar-refractivity contribution >= 4 is 11.8 Å². The molecule has 0 saturated heterocycles. The summed E-state index contributed by atoms with van der Waals surface area (Å²) in [4.78, 5) is 0. The summed E-state index contributed by atoms with van der Waals surface area (Å²) in [6.07, 6.45) is 1.16. The van der Waals surface area contributed by atoms with Gasteiger partial charge in [-0.1, -0.05) is 13.0 Å². The Labute approximate surface area is 121 Å². The Balaban J connectivity index is 2.32. The second kappa shape index (κ2) is 6.19. The van der Waals surface area contributed by atoms with Crippen molar-refractivity contribution in [1.29, 1.82) is 0 Å². The third-order valence-corrected chi connectivity index (χ3v) is 5.07. The summed E-state index contributed by atoms with van der Waals surface area (Å²) in [5.41, 5.74) is 2.87. The van der Waals surface area contributed by atoms with Crippen LogP contribution in [-0.4, -0.2) is 17.9 Å². The summed E-state index contributed by atoms with van der Waals surface area (Å²) in [6, 6.07) is 6.95. The van der Waals surface area contributed by atoms with Gasteiger partial charge in [-0.25, -0.2) is 0 Å². The van der Waals surface area contributed by atoms with E-state index in [-0.39, 0.29) is 4.75 Å². The Morgan fingerprint density at radius 2 is 2.16 bits per heavy atom. The maximum absolute atomic E-state index is 5.66. The zero-order valence-electron chi connectivity index (χ0n) is 12.5. The number of hydrogen-bond acceptors (Lipinski definition) is 3. The number of benzene rings is 1. The first-order chi connectivity index (χ1) is 9.08. The van der Waals surface area contributed by atoms with E-state index in [4.69, 9.17) is 4.74 Å². The summed E-state index contributed by atoms with van der Waals surface area (Å²) in [5.74, 6) is 2.09. The quantitative estimate of drug-likeness (QED) is 0.875. The summed E-state index contributed by atoms with van der Waals surface area (Å²) in [5, 5.41) is 3.71. The Bertz CT molecular complexity index is 431. The third kappa shape index (κ3) is 3.26. The molecule has 0 fully saturated rings. The lowest BCUT2D eigenvalue weighted by molar-refractivity contribution is 0.338. The van der Waals surface area contributed by atoms with Crippen molar-refractivity contribution in [2.24, 2.45) is 0 Å². The summed E-state index contributed by atoms with van der Waals surface area (Å²) in [6.45, 7) is 10.7. The Morgan fingerprint density at radius 3 is 2.84 bits per heavy atom. The molecule has 1 atom stereocenters. The molecule has 0 aliphatic carbocycles. The van der Waals surface area contributed by atoms with Crippen LogP contribution in [0.5, 0.6) is 5.75 Å². The van der Waals surface area contributed by atoms with Crippen LogP contribution < -0.4 is 10.1 Å². The van der Waals surface area contributed by atoms with Gasteiger partial charge in [-0.3, -0.25) is 0 Å². The molecule has 1 unspecified atom stereocenters. The molecule has 0 aromatic heterocycles. The van der Waals surface area contributed by atoms with Crippen molar-refractivity contribution in [3.63, 3.8) is 0 Å². The van der Waals surface area contributed by atoms with E-state index < -0.39 is 0 Å². The van der Waals surface area contributed by atoms with Crippen LogP contribution in [0, 0.1) is 0 Å². The van der Waals surface area contributed by atoms with E-state index in [0.29, 0.717) is 6.04 Å². The maximum atomic E-state index is 5.66. The van der Waals surface area contributed by atoms with Crippen molar-refractivity contribution in [1.82, 2.24) is 5.32 Å². The lowest BCUT2D eigenvalue weighted by Gasteiger charge is -2.40. The lowest BCUT2D eigenvalue weighted by Crippen LogP contribution is -2.40. The van der Waals surface area contributed by atoms with Gasteiger partial charge in [-0.2, -0.15) is 0 Å². The molecule has 19 heavy (non-hydrogen) atoms. The number of nitrogens with one attached hydrogen (secondary N) is 1. The van der Waals surface area contributed by atoms with Gasteiger partial charge in [0.05, 0.1) is 6.61 Å². The summed E-state index contributed by atoms with van der Waals surface area (Å²) in [7, 11) is 0. The molecule has 2 rings (SSSR count). The van der Waals surface area contributed by atoms with E-state index in [1.807, 2.05) is 18.7 Å². The molecular formula is C16H25NOS. The monoisotopic (exact) mass is 279 g/mol. The van der Waals surface area contributed by atoms with E-state index in [2.05, 4.69) is 44.3 Å². The number of thioether (sulfide) groups is 1. The molecule has 1 heterocycles. The highest BCUT2D eigenvalue weighted by Gasteiger charge is 2.36. The average Bonchev–Trinajstić information content (AvgIpc) is 2.37. The Morgan fingerprint density at radius 1 is 1.37 bits per heavy atom. The average molecular weight is 279 g/mol. The maximum Gasteiger partial charge on any atom is 0.119 e. The zero-order chi connectivity index (χ0) is 13.9. The first kappa shape index (κ1) is 14.7. The first-order valence-corrected chi connectivity index (χ1v) is 8.20. The second-order valence-electron chi connectivity index (χ2n) is 5.57.